The van der Waals surface area contributed by atoms with Gasteiger partial charge in [-0.2, -0.15) is 0 Å². The number of urea groups is 1. The number of primary amides is 1. The molecule has 3 rings (SSSR count). The van der Waals surface area contributed by atoms with E-state index in [1.54, 1.807) is 0 Å². The van der Waals surface area contributed by atoms with E-state index in [0.29, 0.717) is 5.75 Å². The summed E-state index contributed by atoms with van der Waals surface area (Å²) in [6.45, 7) is 0. The molecule has 1 aliphatic rings. The summed E-state index contributed by atoms with van der Waals surface area (Å²) in [5.41, 5.74) is 8.48. The van der Waals surface area contributed by atoms with Crippen LogP contribution < -0.4 is 11.1 Å². The Morgan fingerprint density at radius 3 is 2.71 bits per heavy atom. The Hall–Kier alpha value is -2.28. The lowest BCUT2D eigenvalue weighted by molar-refractivity contribution is -0.119. The molecule has 0 saturated carbocycles. The molecule has 24 heavy (non-hydrogen) atoms. The zero-order chi connectivity index (χ0) is 16.9. The highest BCUT2D eigenvalue weighted by Gasteiger charge is 2.21. The molecular formula is C17H20N4O2S. The number of carbonyl (C=O) groups excluding carboxylic acids is 2. The number of nitrogens with two attached hydrogens (primary N) is 1. The molecule has 126 valence electrons. The van der Waals surface area contributed by atoms with Crippen molar-refractivity contribution in [2.75, 3.05) is 5.75 Å². The van der Waals surface area contributed by atoms with Gasteiger partial charge in [-0.3, -0.25) is 14.7 Å². The Balaban J connectivity index is 1.79. The van der Waals surface area contributed by atoms with Crippen LogP contribution in [-0.2, 0) is 17.6 Å². The van der Waals surface area contributed by atoms with Crippen molar-refractivity contribution in [3.63, 3.8) is 0 Å². The van der Waals surface area contributed by atoms with E-state index in [9.17, 15) is 9.59 Å². The standard InChI is InChI=1S/C17H20N4O2S/c18-16(23)20-15(22)10-11-24-17-19-13-8-4-5-9-14(13)21(17)12-6-2-1-3-7-12/h1-3,6-7H,4-5,8-11H2,(H3,18,20,22,23). The number of rotatable bonds is 5. The summed E-state index contributed by atoms with van der Waals surface area (Å²) in [4.78, 5) is 27.0. The third-order valence-electron chi connectivity index (χ3n) is 3.94. The number of imide groups is 1. The molecule has 2 aromatic rings. The third kappa shape index (κ3) is 3.79. The van der Waals surface area contributed by atoms with E-state index < -0.39 is 6.03 Å². The zero-order valence-corrected chi connectivity index (χ0v) is 14.1. The molecule has 0 bridgehead atoms. The zero-order valence-electron chi connectivity index (χ0n) is 13.3. The molecule has 0 fully saturated rings. The number of para-hydroxylation sites is 1. The van der Waals surface area contributed by atoms with Crippen molar-refractivity contribution < 1.29 is 9.59 Å². The average Bonchev–Trinajstić information content (AvgIpc) is 2.93. The van der Waals surface area contributed by atoms with Crippen LogP contribution in [0.2, 0.25) is 0 Å². The Kier molecular flexibility index (Phi) is 5.20. The van der Waals surface area contributed by atoms with E-state index in [-0.39, 0.29) is 12.3 Å². The molecule has 0 radical (unpaired) electrons. The number of thioether (sulfide) groups is 1. The minimum Gasteiger partial charge on any atom is -0.351 e. The van der Waals surface area contributed by atoms with Crippen LogP contribution in [-0.4, -0.2) is 27.2 Å². The second kappa shape index (κ2) is 7.53. The van der Waals surface area contributed by atoms with Crippen LogP contribution in [0, 0.1) is 0 Å². The van der Waals surface area contributed by atoms with Gasteiger partial charge in [0.1, 0.15) is 0 Å². The Morgan fingerprint density at radius 2 is 1.96 bits per heavy atom. The first-order valence-corrected chi connectivity index (χ1v) is 9.01. The summed E-state index contributed by atoms with van der Waals surface area (Å²) in [7, 11) is 0. The van der Waals surface area contributed by atoms with E-state index >= 15 is 0 Å². The summed E-state index contributed by atoms with van der Waals surface area (Å²) < 4.78 is 2.20. The van der Waals surface area contributed by atoms with Crippen LogP contribution in [0.1, 0.15) is 30.7 Å². The van der Waals surface area contributed by atoms with Gasteiger partial charge in [-0.15, -0.1) is 0 Å². The number of aromatic nitrogens is 2. The van der Waals surface area contributed by atoms with Crippen molar-refractivity contribution in [2.24, 2.45) is 5.73 Å². The first kappa shape index (κ1) is 16.6. The highest BCUT2D eigenvalue weighted by molar-refractivity contribution is 7.99. The Labute approximate surface area is 144 Å². The molecule has 7 heteroatoms. The van der Waals surface area contributed by atoms with Crippen LogP contribution in [0.15, 0.2) is 35.5 Å². The number of fused-ring (bicyclic) bond motifs is 1. The van der Waals surface area contributed by atoms with Crippen molar-refractivity contribution in [1.29, 1.82) is 0 Å². The highest BCUT2D eigenvalue weighted by atomic mass is 32.2. The summed E-state index contributed by atoms with van der Waals surface area (Å²) in [6, 6.07) is 9.35. The van der Waals surface area contributed by atoms with E-state index in [4.69, 9.17) is 10.7 Å². The number of imidazole rings is 1. The van der Waals surface area contributed by atoms with Gasteiger partial charge in [-0.05, 0) is 37.8 Å². The van der Waals surface area contributed by atoms with E-state index in [1.165, 1.54) is 30.3 Å². The van der Waals surface area contributed by atoms with E-state index in [0.717, 1.165) is 29.4 Å². The second-order valence-electron chi connectivity index (χ2n) is 5.68. The molecule has 0 saturated heterocycles. The predicted molar refractivity (Wildman–Crippen MR) is 93.3 cm³/mol. The number of carbonyl (C=O) groups is 2. The molecule has 0 atom stereocenters. The van der Waals surface area contributed by atoms with Gasteiger partial charge in [0, 0.05) is 23.6 Å². The van der Waals surface area contributed by atoms with Gasteiger partial charge in [-0.25, -0.2) is 9.78 Å². The van der Waals surface area contributed by atoms with E-state index in [1.807, 2.05) is 18.2 Å². The van der Waals surface area contributed by atoms with Crippen LogP contribution in [0.3, 0.4) is 0 Å². The normalized spacial score (nSPS) is 13.3. The smallest absolute Gasteiger partial charge is 0.318 e. The van der Waals surface area contributed by atoms with Gasteiger partial charge >= 0.3 is 6.03 Å². The Bertz CT molecular complexity index is 743. The number of hydrogen-bond acceptors (Lipinski definition) is 4. The summed E-state index contributed by atoms with van der Waals surface area (Å²) in [5.74, 6) is 0.180. The first-order valence-electron chi connectivity index (χ1n) is 8.03. The lowest BCUT2D eigenvalue weighted by atomic mass is 10.0. The molecule has 1 aromatic heterocycles. The predicted octanol–water partition coefficient (Wildman–Crippen LogP) is 2.43. The maximum absolute atomic E-state index is 11.5. The van der Waals surface area contributed by atoms with Crippen molar-refractivity contribution in [3.8, 4) is 5.69 Å². The van der Waals surface area contributed by atoms with Crippen molar-refractivity contribution >= 4 is 23.7 Å². The summed E-state index contributed by atoms with van der Waals surface area (Å²) in [5, 5.41) is 2.99. The molecule has 0 aliphatic heterocycles. The van der Waals surface area contributed by atoms with Crippen LogP contribution in [0.5, 0.6) is 0 Å². The molecule has 3 N–H and O–H groups in total. The van der Waals surface area contributed by atoms with Gasteiger partial charge in [0.15, 0.2) is 5.16 Å². The number of aryl methyl sites for hydroxylation is 1. The lowest BCUT2D eigenvalue weighted by Crippen LogP contribution is -2.35. The monoisotopic (exact) mass is 344 g/mol. The SMILES string of the molecule is NC(=O)NC(=O)CCSc1nc2c(n1-c1ccccc1)CCCC2. The lowest BCUT2D eigenvalue weighted by Gasteiger charge is -2.15. The van der Waals surface area contributed by atoms with Crippen LogP contribution in [0.4, 0.5) is 4.79 Å². The quantitative estimate of drug-likeness (QED) is 0.815. The summed E-state index contributed by atoms with van der Waals surface area (Å²) >= 11 is 1.53. The highest BCUT2D eigenvalue weighted by Crippen LogP contribution is 2.30. The van der Waals surface area contributed by atoms with Gasteiger partial charge in [-0.1, -0.05) is 30.0 Å². The number of nitrogens with zero attached hydrogens (tertiary/aromatic N) is 2. The largest absolute Gasteiger partial charge is 0.351 e. The fourth-order valence-electron chi connectivity index (χ4n) is 2.89. The van der Waals surface area contributed by atoms with Crippen LogP contribution in [0.25, 0.3) is 5.69 Å². The fraction of sp³-hybridized carbons (Fsp3) is 0.353. The third-order valence-corrected chi connectivity index (χ3v) is 4.88. The first-order chi connectivity index (χ1) is 11.6. The number of nitrogens with one attached hydrogen (secondary N) is 1. The van der Waals surface area contributed by atoms with Crippen molar-refractivity contribution in [1.82, 2.24) is 14.9 Å². The fourth-order valence-corrected chi connectivity index (χ4v) is 3.88. The maximum atomic E-state index is 11.5. The number of hydrogen-bond donors (Lipinski definition) is 2. The maximum Gasteiger partial charge on any atom is 0.318 e. The van der Waals surface area contributed by atoms with Gasteiger partial charge < -0.3 is 5.73 Å². The molecular weight excluding hydrogens is 324 g/mol. The molecule has 6 nitrogen and oxygen atoms in total. The molecule has 1 aromatic carbocycles. The second-order valence-corrected chi connectivity index (χ2v) is 6.74. The van der Waals surface area contributed by atoms with Gasteiger partial charge in [0.25, 0.3) is 0 Å². The number of amides is 3. The molecule has 0 spiro atoms. The van der Waals surface area contributed by atoms with Crippen LogP contribution >= 0.6 is 11.8 Å². The van der Waals surface area contributed by atoms with Gasteiger partial charge in [0.2, 0.25) is 5.91 Å². The number of benzene rings is 1. The molecule has 0 unspecified atom stereocenters. The molecule has 3 amide bonds. The van der Waals surface area contributed by atoms with Crippen molar-refractivity contribution in [3.05, 3.63) is 41.7 Å². The van der Waals surface area contributed by atoms with Crippen molar-refractivity contribution in [2.45, 2.75) is 37.3 Å². The Morgan fingerprint density at radius 1 is 1.21 bits per heavy atom. The topological polar surface area (TPSA) is 90.0 Å². The molecule has 1 heterocycles. The average molecular weight is 344 g/mol. The minimum absolute atomic E-state index is 0.222. The van der Waals surface area contributed by atoms with Gasteiger partial charge in [0.05, 0.1) is 5.69 Å². The summed E-state index contributed by atoms with van der Waals surface area (Å²) in [6.07, 6.45) is 4.60. The minimum atomic E-state index is -0.814. The molecule has 1 aliphatic carbocycles. The van der Waals surface area contributed by atoms with E-state index in [2.05, 4.69) is 22.0 Å².